The van der Waals surface area contributed by atoms with Gasteiger partial charge in [-0.05, 0) is 31.2 Å². The summed E-state index contributed by atoms with van der Waals surface area (Å²) in [4.78, 5) is 4.41. The van der Waals surface area contributed by atoms with E-state index in [9.17, 15) is 0 Å². The fraction of sp³-hybridized carbons (Fsp3) is 0.846. The molecule has 0 fully saturated rings. The van der Waals surface area contributed by atoms with Crippen molar-refractivity contribution < 1.29 is 4.52 Å². The van der Waals surface area contributed by atoms with Crippen LogP contribution in [0.2, 0.25) is 0 Å². The van der Waals surface area contributed by atoms with Gasteiger partial charge in [-0.25, -0.2) is 0 Å². The van der Waals surface area contributed by atoms with Gasteiger partial charge in [-0.3, -0.25) is 0 Å². The minimum Gasteiger partial charge on any atom is -0.339 e. The van der Waals surface area contributed by atoms with Crippen molar-refractivity contribution in [2.45, 2.75) is 52.9 Å². The second kappa shape index (κ2) is 7.43. The highest BCUT2D eigenvalue weighted by molar-refractivity contribution is 4.87. The molecule has 17 heavy (non-hydrogen) atoms. The zero-order valence-electron chi connectivity index (χ0n) is 11.3. The molecule has 0 bridgehead atoms. The van der Waals surface area contributed by atoms with Crippen LogP contribution in [0.3, 0.4) is 0 Å². The molecule has 0 radical (unpaired) electrons. The summed E-state index contributed by atoms with van der Waals surface area (Å²) in [6.07, 6.45) is 5.12. The largest absolute Gasteiger partial charge is 0.339 e. The van der Waals surface area contributed by atoms with Crippen LogP contribution >= 0.6 is 0 Å². The average Bonchev–Trinajstić information content (AvgIpc) is 2.71. The third-order valence-electron chi connectivity index (χ3n) is 3.02. The Kier molecular flexibility index (Phi) is 6.19. The molecular weight excluding hydrogens is 214 g/mol. The molecule has 0 aliphatic heterocycles. The Balaban J connectivity index is 2.38. The molecule has 0 saturated carbocycles. The van der Waals surface area contributed by atoms with E-state index in [2.05, 4.69) is 30.9 Å². The van der Waals surface area contributed by atoms with E-state index in [1.54, 1.807) is 0 Å². The molecule has 0 aromatic carbocycles. The fourth-order valence-corrected chi connectivity index (χ4v) is 1.96. The minimum absolute atomic E-state index is 0.570. The first-order chi connectivity index (χ1) is 8.15. The molecule has 1 atom stereocenters. The van der Waals surface area contributed by atoms with E-state index >= 15 is 0 Å². The maximum atomic E-state index is 5.58. The predicted molar refractivity (Wildman–Crippen MR) is 68.6 cm³/mol. The Morgan fingerprint density at radius 3 is 2.65 bits per heavy atom. The summed E-state index contributed by atoms with van der Waals surface area (Å²) < 4.78 is 5.25. The summed E-state index contributed by atoms with van der Waals surface area (Å²) in [5.41, 5.74) is 5.58. The Morgan fingerprint density at radius 2 is 2.06 bits per heavy atom. The molecule has 0 aliphatic rings. The van der Waals surface area contributed by atoms with Gasteiger partial charge in [-0.2, -0.15) is 4.98 Å². The van der Waals surface area contributed by atoms with Crippen LogP contribution in [0.4, 0.5) is 0 Å². The Hall–Kier alpha value is -0.900. The van der Waals surface area contributed by atoms with Crippen LogP contribution in [-0.4, -0.2) is 16.7 Å². The molecule has 1 aromatic heterocycles. The second-order valence-corrected chi connectivity index (χ2v) is 5.09. The van der Waals surface area contributed by atoms with Crippen LogP contribution in [0, 0.1) is 11.8 Å². The monoisotopic (exact) mass is 239 g/mol. The summed E-state index contributed by atoms with van der Waals surface area (Å²) in [5, 5.41) is 4.00. The van der Waals surface area contributed by atoms with Crippen LogP contribution in [0.15, 0.2) is 4.52 Å². The highest BCUT2D eigenvalue weighted by Crippen LogP contribution is 2.15. The predicted octanol–water partition coefficient (Wildman–Crippen LogP) is 2.58. The summed E-state index contributed by atoms with van der Waals surface area (Å²) in [7, 11) is 0. The molecule has 0 amide bonds. The van der Waals surface area contributed by atoms with Crippen LogP contribution < -0.4 is 5.73 Å². The zero-order valence-corrected chi connectivity index (χ0v) is 11.3. The first-order valence-corrected chi connectivity index (χ1v) is 6.67. The van der Waals surface area contributed by atoms with Gasteiger partial charge in [-0.15, -0.1) is 0 Å². The molecule has 2 N–H and O–H groups in total. The third kappa shape index (κ3) is 5.31. The topological polar surface area (TPSA) is 64.9 Å². The van der Waals surface area contributed by atoms with Crippen molar-refractivity contribution in [3.05, 3.63) is 11.7 Å². The molecule has 1 rings (SSSR count). The normalized spacial score (nSPS) is 13.2. The summed E-state index contributed by atoms with van der Waals surface area (Å²) in [5.74, 6) is 2.86. The number of aromatic nitrogens is 2. The van der Waals surface area contributed by atoms with Crippen molar-refractivity contribution in [1.82, 2.24) is 10.1 Å². The Morgan fingerprint density at radius 1 is 1.29 bits per heavy atom. The maximum Gasteiger partial charge on any atom is 0.226 e. The standard InChI is InChI=1S/C13H25N3O/c1-4-11(7-8-14)5-6-13-15-12(16-17-13)9-10(2)3/h10-11H,4-9,14H2,1-3H3. The van der Waals surface area contributed by atoms with Gasteiger partial charge in [0.15, 0.2) is 5.82 Å². The SMILES string of the molecule is CCC(CCN)CCc1nc(CC(C)C)no1. The zero-order chi connectivity index (χ0) is 12.7. The number of hydrogen-bond acceptors (Lipinski definition) is 4. The number of nitrogens with two attached hydrogens (primary N) is 1. The first kappa shape index (κ1) is 14.2. The molecule has 1 heterocycles. The Labute approximate surface area is 104 Å². The van der Waals surface area contributed by atoms with Crippen LogP contribution in [0.25, 0.3) is 0 Å². The summed E-state index contributed by atoms with van der Waals surface area (Å²) >= 11 is 0. The number of nitrogens with zero attached hydrogens (tertiary/aromatic N) is 2. The van der Waals surface area contributed by atoms with Crippen molar-refractivity contribution in [3.8, 4) is 0 Å². The van der Waals surface area contributed by atoms with Gasteiger partial charge in [0.25, 0.3) is 0 Å². The van der Waals surface area contributed by atoms with E-state index in [0.29, 0.717) is 11.8 Å². The highest BCUT2D eigenvalue weighted by atomic mass is 16.5. The number of aryl methyl sites for hydroxylation is 1. The summed E-state index contributed by atoms with van der Waals surface area (Å²) in [6.45, 7) is 7.29. The van der Waals surface area contributed by atoms with Gasteiger partial charge in [0.05, 0.1) is 0 Å². The van der Waals surface area contributed by atoms with E-state index in [1.807, 2.05) is 0 Å². The van der Waals surface area contributed by atoms with E-state index in [1.165, 1.54) is 6.42 Å². The molecule has 0 aliphatic carbocycles. The molecule has 98 valence electrons. The molecule has 0 spiro atoms. The van der Waals surface area contributed by atoms with Crippen LogP contribution in [0.1, 0.15) is 51.7 Å². The van der Waals surface area contributed by atoms with Gasteiger partial charge >= 0.3 is 0 Å². The first-order valence-electron chi connectivity index (χ1n) is 6.67. The van der Waals surface area contributed by atoms with E-state index in [0.717, 1.165) is 43.9 Å². The number of hydrogen-bond donors (Lipinski definition) is 1. The van der Waals surface area contributed by atoms with Gasteiger partial charge in [-0.1, -0.05) is 32.3 Å². The number of rotatable bonds is 8. The average molecular weight is 239 g/mol. The smallest absolute Gasteiger partial charge is 0.226 e. The van der Waals surface area contributed by atoms with Crippen molar-refractivity contribution >= 4 is 0 Å². The van der Waals surface area contributed by atoms with E-state index in [-0.39, 0.29) is 0 Å². The van der Waals surface area contributed by atoms with Gasteiger partial charge in [0.1, 0.15) is 0 Å². The van der Waals surface area contributed by atoms with Crippen LogP contribution in [-0.2, 0) is 12.8 Å². The second-order valence-electron chi connectivity index (χ2n) is 5.09. The van der Waals surface area contributed by atoms with Gasteiger partial charge in [0.2, 0.25) is 5.89 Å². The quantitative estimate of drug-likeness (QED) is 0.757. The van der Waals surface area contributed by atoms with Crippen LogP contribution in [0.5, 0.6) is 0 Å². The molecule has 4 nitrogen and oxygen atoms in total. The van der Waals surface area contributed by atoms with Crippen molar-refractivity contribution in [2.75, 3.05) is 6.54 Å². The lowest BCUT2D eigenvalue weighted by atomic mass is 9.97. The fourth-order valence-electron chi connectivity index (χ4n) is 1.96. The molecule has 1 aromatic rings. The van der Waals surface area contributed by atoms with E-state index < -0.39 is 0 Å². The molecule has 0 saturated heterocycles. The summed E-state index contributed by atoms with van der Waals surface area (Å²) in [6, 6.07) is 0. The molecule has 1 unspecified atom stereocenters. The Bertz CT molecular complexity index is 309. The van der Waals surface area contributed by atoms with E-state index in [4.69, 9.17) is 10.3 Å². The maximum absolute atomic E-state index is 5.58. The van der Waals surface area contributed by atoms with Crippen molar-refractivity contribution in [2.24, 2.45) is 17.6 Å². The molecular formula is C13H25N3O. The molecule has 4 heteroatoms. The lowest BCUT2D eigenvalue weighted by Crippen LogP contribution is -2.09. The van der Waals surface area contributed by atoms with Gasteiger partial charge < -0.3 is 10.3 Å². The highest BCUT2D eigenvalue weighted by Gasteiger charge is 2.11. The lowest BCUT2D eigenvalue weighted by molar-refractivity contribution is 0.349. The van der Waals surface area contributed by atoms with Crippen molar-refractivity contribution in [3.63, 3.8) is 0 Å². The minimum atomic E-state index is 0.570. The van der Waals surface area contributed by atoms with Gasteiger partial charge in [0, 0.05) is 12.8 Å². The van der Waals surface area contributed by atoms with Crippen molar-refractivity contribution in [1.29, 1.82) is 0 Å². The third-order valence-corrected chi connectivity index (χ3v) is 3.02. The lowest BCUT2D eigenvalue weighted by Gasteiger charge is -2.11.